The van der Waals surface area contributed by atoms with Crippen molar-refractivity contribution in [2.45, 2.75) is 26.2 Å². The van der Waals surface area contributed by atoms with E-state index in [9.17, 15) is 9.65 Å². The third-order valence-electron chi connectivity index (χ3n) is 7.91. The average Bonchev–Trinajstić information content (AvgIpc) is 3.16. The predicted octanol–water partition coefficient (Wildman–Crippen LogP) is 8.14. The van der Waals surface area contributed by atoms with Crippen LogP contribution in [-0.2, 0) is 12.5 Å². The van der Waals surface area contributed by atoms with Crippen LogP contribution in [0.4, 0.5) is 4.39 Å². The van der Waals surface area contributed by atoms with E-state index in [-0.39, 0.29) is 5.82 Å². The molecule has 2 nitrogen and oxygen atoms in total. The molecule has 0 N–H and O–H groups in total. The molecule has 0 saturated carbocycles. The van der Waals surface area contributed by atoms with Gasteiger partial charge >= 0.3 is 0 Å². The molecule has 0 fully saturated rings. The molecule has 0 radical (unpaired) electrons. The van der Waals surface area contributed by atoms with Crippen LogP contribution in [0, 0.1) is 24.1 Å². The second kappa shape index (κ2) is 8.78. The zero-order valence-corrected chi connectivity index (χ0v) is 22.0. The van der Waals surface area contributed by atoms with Crippen LogP contribution in [0.15, 0.2) is 97.2 Å². The zero-order valence-electron chi connectivity index (χ0n) is 22.0. The molecule has 0 amide bonds. The van der Waals surface area contributed by atoms with Gasteiger partial charge in [0, 0.05) is 23.1 Å². The molecule has 38 heavy (non-hydrogen) atoms. The lowest BCUT2D eigenvalue weighted by molar-refractivity contribution is -0.660. The highest BCUT2D eigenvalue weighted by Crippen LogP contribution is 2.56. The Bertz CT molecular complexity index is 1770. The molecule has 6 rings (SSSR count). The summed E-state index contributed by atoms with van der Waals surface area (Å²) >= 11 is 0. The van der Waals surface area contributed by atoms with Crippen molar-refractivity contribution >= 4 is 0 Å². The summed E-state index contributed by atoms with van der Waals surface area (Å²) in [5.74, 6) is -0.256. The normalized spacial score (nSPS) is 13.1. The number of aromatic nitrogens is 1. The van der Waals surface area contributed by atoms with Crippen LogP contribution >= 0.6 is 0 Å². The van der Waals surface area contributed by atoms with E-state index in [0.29, 0.717) is 5.56 Å². The maximum absolute atomic E-state index is 14.5. The minimum atomic E-state index is -0.420. The highest BCUT2D eigenvalue weighted by Gasteiger charge is 2.42. The number of fused-ring (bicyclic) bond motifs is 3. The molecule has 0 aliphatic heterocycles. The lowest BCUT2D eigenvalue weighted by Crippen LogP contribution is -2.32. The Morgan fingerprint density at radius 1 is 0.737 bits per heavy atom. The lowest BCUT2D eigenvalue weighted by atomic mass is 9.75. The predicted molar refractivity (Wildman–Crippen MR) is 151 cm³/mol. The second-order valence-electron chi connectivity index (χ2n) is 10.6. The number of hydrogen-bond acceptors (Lipinski definition) is 1. The van der Waals surface area contributed by atoms with E-state index < -0.39 is 5.41 Å². The molecule has 0 spiro atoms. The van der Waals surface area contributed by atoms with E-state index >= 15 is 0 Å². The molecule has 1 aromatic heterocycles. The Morgan fingerprint density at radius 3 is 2.13 bits per heavy atom. The van der Waals surface area contributed by atoms with Crippen LogP contribution < -0.4 is 4.57 Å². The molecule has 4 aromatic carbocycles. The molecule has 3 heteroatoms. The number of pyridine rings is 1. The van der Waals surface area contributed by atoms with Gasteiger partial charge in [0.05, 0.1) is 17.2 Å². The van der Waals surface area contributed by atoms with Gasteiger partial charge in [0.2, 0.25) is 5.69 Å². The summed E-state index contributed by atoms with van der Waals surface area (Å²) in [6, 6.07) is 32.7. The maximum Gasteiger partial charge on any atom is 0.215 e. The topological polar surface area (TPSA) is 27.7 Å². The standard InChI is InChI=1S/C35H28FN2/c1-22-13-15-28-29-16-14-26(21-37)32(25-12-8-11-24(19-25)23-9-6-5-7-10-23)34(29)35(2,3)33(28)31(22)30-20-27(36)17-18-38(30)4/h5-20H,1-4H3/q+1. The average molecular weight is 496 g/mol. The molecule has 0 atom stereocenters. The third kappa shape index (κ3) is 3.56. The summed E-state index contributed by atoms with van der Waals surface area (Å²) in [6.45, 7) is 6.54. The summed E-state index contributed by atoms with van der Waals surface area (Å²) in [5.41, 5.74) is 12.0. The van der Waals surface area contributed by atoms with Gasteiger partial charge in [0.25, 0.3) is 0 Å². The van der Waals surface area contributed by atoms with E-state index in [1.807, 2.05) is 35.9 Å². The molecule has 1 aliphatic carbocycles. The van der Waals surface area contributed by atoms with Crippen molar-refractivity contribution in [2.75, 3.05) is 0 Å². The first kappa shape index (κ1) is 23.8. The van der Waals surface area contributed by atoms with Crippen molar-refractivity contribution < 1.29 is 8.96 Å². The molecule has 0 bridgehead atoms. The van der Waals surface area contributed by atoms with Crippen LogP contribution in [0.3, 0.4) is 0 Å². The first-order chi connectivity index (χ1) is 18.3. The molecule has 0 saturated heterocycles. The summed E-state index contributed by atoms with van der Waals surface area (Å²) in [7, 11) is 1.96. The minimum Gasteiger partial charge on any atom is -0.207 e. The van der Waals surface area contributed by atoms with E-state index in [2.05, 4.69) is 81.4 Å². The first-order valence-corrected chi connectivity index (χ1v) is 12.8. The molecule has 5 aromatic rings. The van der Waals surface area contributed by atoms with Gasteiger partial charge in [0.1, 0.15) is 12.9 Å². The van der Waals surface area contributed by atoms with E-state index in [4.69, 9.17) is 0 Å². The van der Waals surface area contributed by atoms with Crippen molar-refractivity contribution in [2.24, 2.45) is 7.05 Å². The number of hydrogen-bond donors (Lipinski definition) is 0. The zero-order chi connectivity index (χ0) is 26.6. The van der Waals surface area contributed by atoms with Gasteiger partial charge < -0.3 is 0 Å². The summed E-state index contributed by atoms with van der Waals surface area (Å²) in [5, 5.41) is 10.2. The van der Waals surface area contributed by atoms with Gasteiger partial charge in [-0.15, -0.1) is 0 Å². The van der Waals surface area contributed by atoms with Gasteiger partial charge in [0.15, 0.2) is 6.20 Å². The largest absolute Gasteiger partial charge is 0.215 e. The minimum absolute atomic E-state index is 0.256. The van der Waals surface area contributed by atoms with Crippen molar-refractivity contribution in [1.29, 1.82) is 5.26 Å². The monoisotopic (exact) mass is 495 g/mol. The Labute approximate surface area is 223 Å². The number of nitriles is 1. The van der Waals surface area contributed by atoms with Crippen molar-refractivity contribution in [1.82, 2.24) is 0 Å². The molecular formula is C35H28FN2+. The van der Waals surface area contributed by atoms with E-state index in [0.717, 1.165) is 55.8 Å². The number of nitrogens with zero attached hydrogens (tertiary/aromatic N) is 2. The molecular weight excluding hydrogens is 467 g/mol. The maximum atomic E-state index is 14.5. The third-order valence-corrected chi connectivity index (χ3v) is 7.91. The Morgan fingerprint density at radius 2 is 1.39 bits per heavy atom. The number of aryl methyl sites for hydroxylation is 2. The van der Waals surface area contributed by atoms with Crippen molar-refractivity contribution in [3.8, 4) is 50.7 Å². The highest BCUT2D eigenvalue weighted by atomic mass is 19.1. The molecule has 1 aliphatic rings. The van der Waals surface area contributed by atoms with Crippen molar-refractivity contribution in [3.63, 3.8) is 0 Å². The summed E-state index contributed by atoms with van der Waals surface area (Å²) in [6.07, 6.45) is 1.77. The van der Waals surface area contributed by atoms with Gasteiger partial charge in [-0.05, 0) is 63.6 Å². The number of rotatable bonds is 3. The number of benzene rings is 4. The summed E-state index contributed by atoms with van der Waals surface area (Å²) in [4.78, 5) is 0. The van der Waals surface area contributed by atoms with Crippen molar-refractivity contribution in [3.05, 3.63) is 125 Å². The molecule has 1 heterocycles. The SMILES string of the molecule is Cc1ccc2c(c1-c1cc(F)cc[n+]1C)C(C)(C)c1c-2ccc(C#N)c1-c1cccc(-c2ccccc2)c1. The Kier molecular flexibility index (Phi) is 5.51. The summed E-state index contributed by atoms with van der Waals surface area (Å²) < 4.78 is 16.5. The van der Waals surface area contributed by atoms with Crippen LogP contribution in [0.5, 0.6) is 0 Å². The smallest absolute Gasteiger partial charge is 0.207 e. The van der Waals surface area contributed by atoms with Crippen LogP contribution in [0.1, 0.15) is 36.1 Å². The highest BCUT2D eigenvalue weighted by molar-refractivity contribution is 5.95. The number of halogens is 1. The Balaban J connectivity index is 1.64. The van der Waals surface area contributed by atoms with Crippen LogP contribution in [0.25, 0.3) is 44.6 Å². The quantitative estimate of drug-likeness (QED) is 0.232. The van der Waals surface area contributed by atoms with E-state index in [1.165, 1.54) is 11.6 Å². The van der Waals surface area contributed by atoms with Gasteiger partial charge in [-0.2, -0.15) is 5.26 Å². The lowest BCUT2D eigenvalue weighted by Gasteiger charge is -2.27. The van der Waals surface area contributed by atoms with Gasteiger partial charge in [-0.1, -0.05) is 80.6 Å². The van der Waals surface area contributed by atoms with Gasteiger partial charge in [-0.3, -0.25) is 0 Å². The fourth-order valence-electron chi connectivity index (χ4n) is 6.18. The van der Waals surface area contributed by atoms with Crippen LogP contribution in [0.2, 0.25) is 0 Å². The Hall–Kier alpha value is -4.55. The second-order valence-corrected chi connectivity index (χ2v) is 10.6. The fraction of sp³-hybridized carbons (Fsp3) is 0.143. The van der Waals surface area contributed by atoms with E-state index in [1.54, 1.807) is 12.3 Å². The fourth-order valence-corrected chi connectivity index (χ4v) is 6.18. The first-order valence-electron chi connectivity index (χ1n) is 12.8. The molecule has 184 valence electrons. The van der Waals surface area contributed by atoms with Crippen LogP contribution in [-0.4, -0.2) is 0 Å². The molecule has 0 unspecified atom stereocenters. The van der Waals surface area contributed by atoms with Gasteiger partial charge in [-0.25, -0.2) is 8.96 Å².